The van der Waals surface area contributed by atoms with Gasteiger partial charge in [-0.15, -0.1) is 5.10 Å². The Morgan fingerprint density at radius 2 is 2.10 bits per heavy atom. The van der Waals surface area contributed by atoms with Crippen LogP contribution >= 0.6 is 0 Å². The van der Waals surface area contributed by atoms with E-state index in [1.54, 1.807) is 12.4 Å². The number of hydrogen-bond donors (Lipinski definition) is 0. The highest BCUT2D eigenvalue weighted by molar-refractivity contribution is 5.96. The molecule has 0 unspecified atom stereocenters. The monoisotopic (exact) mass is 135 g/mol. The van der Waals surface area contributed by atoms with Crippen LogP contribution in [-0.4, -0.2) is 18.3 Å². The molecule has 0 fully saturated rings. The van der Waals surface area contributed by atoms with Crippen molar-refractivity contribution in [1.82, 2.24) is 0 Å². The lowest BCUT2D eigenvalue weighted by molar-refractivity contribution is 1.22. The van der Waals surface area contributed by atoms with Gasteiger partial charge in [0.05, 0.1) is 0 Å². The Kier molecular flexibility index (Phi) is 2.10. The summed E-state index contributed by atoms with van der Waals surface area (Å²) in [6.45, 7) is 3.78. The summed E-state index contributed by atoms with van der Waals surface area (Å²) in [6.07, 6.45) is 5.29. The molecule has 0 aromatic rings. The third-order valence-electron chi connectivity index (χ3n) is 1.06. The predicted octanol–water partition coefficient (Wildman–Crippen LogP) is 1.42. The number of aliphatic imine (C=N–C) groups is 1. The Morgan fingerprint density at radius 3 is 2.90 bits per heavy atom. The standard InChI is InChI=1S/C7H9N3/c1-6-3-4-9-10-7(2)8-5-6/h3-5H,1-2H3. The molecular weight excluding hydrogens is 126 g/mol. The van der Waals surface area contributed by atoms with Crippen LogP contribution in [0.25, 0.3) is 0 Å². The van der Waals surface area contributed by atoms with Gasteiger partial charge in [0.2, 0.25) is 0 Å². The average Bonchev–Trinajstić information content (AvgIpc) is 1.90. The van der Waals surface area contributed by atoms with Crippen LogP contribution in [-0.2, 0) is 0 Å². The fourth-order valence-corrected chi connectivity index (χ4v) is 0.532. The van der Waals surface area contributed by atoms with E-state index in [0.717, 1.165) is 5.57 Å². The molecular formula is C7H9N3. The topological polar surface area (TPSA) is 37.1 Å². The zero-order valence-electron chi connectivity index (χ0n) is 6.07. The molecule has 0 saturated carbocycles. The summed E-state index contributed by atoms with van der Waals surface area (Å²) >= 11 is 0. The second kappa shape index (κ2) is 3.06. The van der Waals surface area contributed by atoms with Crippen molar-refractivity contribution < 1.29 is 0 Å². The zero-order valence-corrected chi connectivity index (χ0v) is 6.07. The lowest BCUT2D eigenvalue weighted by atomic mass is 10.3. The van der Waals surface area contributed by atoms with Crippen molar-refractivity contribution in [3.05, 3.63) is 11.6 Å². The molecule has 1 aliphatic heterocycles. The summed E-state index contributed by atoms with van der Waals surface area (Å²) in [5, 5.41) is 7.50. The van der Waals surface area contributed by atoms with Crippen molar-refractivity contribution >= 4 is 18.3 Å². The van der Waals surface area contributed by atoms with Crippen molar-refractivity contribution in [3.8, 4) is 0 Å². The third kappa shape index (κ3) is 1.93. The van der Waals surface area contributed by atoms with Gasteiger partial charge in [-0.3, -0.25) is 0 Å². The molecule has 0 aromatic heterocycles. The maximum atomic E-state index is 4.01. The molecule has 0 atom stereocenters. The molecule has 52 valence electrons. The largest absolute Gasteiger partial charge is 0.239 e. The quantitative estimate of drug-likeness (QED) is 0.481. The Morgan fingerprint density at radius 1 is 1.30 bits per heavy atom. The fraction of sp³-hybridized carbons (Fsp3) is 0.286. The van der Waals surface area contributed by atoms with Crippen molar-refractivity contribution in [2.75, 3.05) is 0 Å². The van der Waals surface area contributed by atoms with E-state index < -0.39 is 0 Å². The van der Waals surface area contributed by atoms with E-state index in [-0.39, 0.29) is 0 Å². The van der Waals surface area contributed by atoms with Gasteiger partial charge in [-0.05, 0) is 25.5 Å². The first-order valence-corrected chi connectivity index (χ1v) is 3.07. The van der Waals surface area contributed by atoms with E-state index in [0.29, 0.717) is 5.84 Å². The number of hydrogen-bond acceptors (Lipinski definition) is 3. The van der Waals surface area contributed by atoms with E-state index >= 15 is 0 Å². The van der Waals surface area contributed by atoms with E-state index in [4.69, 9.17) is 0 Å². The highest BCUT2D eigenvalue weighted by Crippen LogP contribution is 1.91. The molecule has 3 nitrogen and oxygen atoms in total. The van der Waals surface area contributed by atoms with E-state index in [9.17, 15) is 0 Å². The maximum Gasteiger partial charge on any atom is 0.147 e. The van der Waals surface area contributed by atoms with Crippen LogP contribution in [0.2, 0.25) is 0 Å². The van der Waals surface area contributed by atoms with Gasteiger partial charge in [0.25, 0.3) is 0 Å². The van der Waals surface area contributed by atoms with Crippen molar-refractivity contribution in [2.45, 2.75) is 13.8 Å². The molecule has 0 spiro atoms. The lowest BCUT2D eigenvalue weighted by Gasteiger charge is -1.91. The van der Waals surface area contributed by atoms with Gasteiger partial charge < -0.3 is 0 Å². The molecule has 3 heteroatoms. The van der Waals surface area contributed by atoms with E-state index in [1.807, 2.05) is 19.9 Å². The Labute approximate surface area is 59.9 Å². The van der Waals surface area contributed by atoms with Gasteiger partial charge in [0, 0.05) is 12.4 Å². The molecule has 0 aliphatic carbocycles. The molecule has 0 bridgehead atoms. The first kappa shape index (κ1) is 6.86. The number of rotatable bonds is 0. The normalized spacial score (nSPS) is 17.4. The molecule has 10 heavy (non-hydrogen) atoms. The summed E-state index contributed by atoms with van der Waals surface area (Å²) in [5.41, 5.74) is 1.08. The zero-order chi connectivity index (χ0) is 7.40. The molecule has 0 saturated heterocycles. The molecule has 1 heterocycles. The Balaban J connectivity index is 2.85. The summed E-state index contributed by atoms with van der Waals surface area (Å²) in [7, 11) is 0. The third-order valence-corrected chi connectivity index (χ3v) is 1.06. The second-order valence-electron chi connectivity index (χ2n) is 2.08. The van der Waals surface area contributed by atoms with E-state index in [1.165, 1.54) is 0 Å². The highest BCUT2D eigenvalue weighted by atomic mass is 15.2. The van der Waals surface area contributed by atoms with Crippen LogP contribution in [0.15, 0.2) is 26.8 Å². The average molecular weight is 135 g/mol. The van der Waals surface area contributed by atoms with Crippen LogP contribution in [0.4, 0.5) is 0 Å². The van der Waals surface area contributed by atoms with Crippen molar-refractivity contribution in [1.29, 1.82) is 0 Å². The summed E-state index contributed by atoms with van der Waals surface area (Å²) in [4.78, 5) is 4.01. The smallest absolute Gasteiger partial charge is 0.147 e. The summed E-state index contributed by atoms with van der Waals surface area (Å²) in [6, 6.07) is 0. The molecule has 1 rings (SSSR count). The van der Waals surface area contributed by atoms with E-state index in [2.05, 4.69) is 15.2 Å². The van der Waals surface area contributed by atoms with Crippen molar-refractivity contribution in [3.63, 3.8) is 0 Å². The van der Waals surface area contributed by atoms with Crippen LogP contribution in [0, 0.1) is 0 Å². The first-order valence-electron chi connectivity index (χ1n) is 3.07. The van der Waals surface area contributed by atoms with Gasteiger partial charge in [0.15, 0.2) is 0 Å². The van der Waals surface area contributed by atoms with Crippen LogP contribution in [0.1, 0.15) is 13.8 Å². The number of allylic oxidation sites excluding steroid dienone is 2. The second-order valence-corrected chi connectivity index (χ2v) is 2.08. The van der Waals surface area contributed by atoms with Gasteiger partial charge in [-0.2, -0.15) is 5.10 Å². The van der Waals surface area contributed by atoms with Gasteiger partial charge in [0.1, 0.15) is 5.84 Å². The van der Waals surface area contributed by atoms with Crippen molar-refractivity contribution in [2.24, 2.45) is 15.2 Å². The minimum atomic E-state index is 0.684. The summed E-state index contributed by atoms with van der Waals surface area (Å²) < 4.78 is 0. The van der Waals surface area contributed by atoms with Gasteiger partial charge in [-0.25, -0.2) is 4.99 Å². The maximum absolute atomic E-state index is 4.01. The molecule has 0 amide bonds. The minimum Gasteiger partial charge on any atom is -0.239 e. The fourth-order valence-electron chi connectivity index (χ4n) is 0.532. The molecule has 0 radical (unpaired) electrons. The van der Waals surface area contributed by atoms with Gasteiger partial charge in [-0.1, -0.05) is 0 Å². The van der Waals surface area contributed by atoms with Gasteiger partial charge >= 0.3 is 0 Å². The molecule has 0 N–H and O–H groups in total. The number of amidine groups is 1. The Bertz CT molecular complexity index is 209. The first-order chi connectivity index (χ1) is 4.79. The minimum absolute atomic E-state index is 0.684. The lowest BCUT2D eigenvalue weighted by Crippen LogP contribution is -1.89. The molecule has 0 aromatic carbocycles. The van der Waals surface area contributed by atoms with Crippen LogP contribution in [0.3, 0.4) is 0 Å². The van der Waals surface area contributed by atoms with Crippen LogP contribution in [0.5, 0.6) is 0 Å². The Hall–Kier alpha value is -1.25. The molecule has 1 aliphatic rings. The summed E-state index contributed by atoms with van der Waals surface area (Å²) in [5.74, 6) is 0.684. The van der Waals surface area contributed by atoms with Crippen LogP contribution < -0.4 is 0 Å². The number of nitrogens with zero attached hydrogens (tertiary/aromatic N) is 3. The predicted molar refractivity (Wildman–Crippen MR) is 43.9 cm³/mol. The highest BCUT2D eigenvalue weighted by Gasteiger charge is 1.86. The SMILES string of the molecule is CC1=CC=NN=C(C)N=C1.